The molecule has 2 aromatic carbocycles. The van der Waals surface area contributed by atoms with Crippen LogP contribution in [0.5, 0.6) is 0 Å². The van der Waals surface area contributed by atoms with E-state index in [9.17, 15) is 35.2 Å². The van der Waals surface area contributed by atoms with E-state index in [0.717, 1.165) is 11.0 Å². The summed E-state index contributed by atoms with van der Waals surface area (Å²) < 4.78 is 117. The zero-order valence-electron chi connectivity index (χ0n) is 22.9. The number of nitrogens with one attached hydrogen (secondary N) is 1. The number of nitrogens with two attached hydrogens (primary N) is 1. The Labute approximate surface area is 249 Å². The van der Waals surface area contributed by atoms with E-state index in [1.807, 2.05) is 0 Å². The fourth-order valence-corrected chi connectivity index (χ4v) is 6.83. The van der Waals surface area contributed by atoms with Crippen molar-refractivity contribution in [2.75, 3.05) is 16.0 Å². The van der Waals surface area contributed by atoms with Crippen LogP contribution in [0.4, 0.5) is 38.0 Å². The van der Waals surface area contributed by atoms with Crippen LogP contribution >= 0.6 is 0 Å². The molecule has 2 aliphatic rings. The molecular formula is C26H21F6N7O5S. The van der Waals surface area contributed by atoms with Crippen molar-refractivity contribution in [3.8, 4) is 22.8 Å². The normalized spacial score (nSPS) is 20.3. The summed E-state index contributed by atoms with van der Waals surface area (Å²) in [7, 11) is -4.28. The molecule has 19 heteroatoms. The maximum absolute atomic E-state index is 15.4. The Hall–Kier alpha value is -4.52. The van der Waals surface area contributed by atoms with Crippen LogP contribution in [0.15, 0.2) is 50.2 Å². The predicted octanol–water partition coefficient (Wildman–Crippen LogP) is 4.19. The molecule has 1 fully saturated rings. The highest BCUT2D eigenvalue weighted by molar-refractivity contribution is 7.91. The minimum absolute atomic E-state index is 0.157. The molecule has 6 rings (SSSR count). The number of rotatable bonds is 6. The average molecular weight is 658 g/mol. The highest BCUT2D eigenvalue weighted by Crippen LogP contribution is 2.47. The van der Waals surface area contributed by atoms with Crippen LogP contribution in [-0.2, 0) is 27.4 Å². The van der Waals surface area contributed by atoms with E-state index in [1.54, 1.807) is 0 Å². The lowest BCUT2D eigenvalue weighted by molar-refractivity contribution is -0.159. The van der Waals surface area contributed by atoms with Crippen LogP contribution in [-0.4, -0.2) is 57.9 Å². The van der Waals surface area contributed by atoms with Crippen molar-refractivity contribution in [1.29, 1.82) is 0 Å². The smallest absolute Gasteiger partial charge is 0.403 e. The van der Waals surface area contributed by atoms with Crippen molar-refractivity contribution in [3.63, 3.8) is 0 Å². The van der Waals surface area contributed by atoms with E-state index in [2.05, 4.69) is 30.2 Å². The molecule has 2 aromatic heterocycles. The predicted molar refractivity (Wildman–Crippen MR) is 142 cm³/mol. The maximum atomic E-state index is 15.4. The minimum atomic E-state index is -4.84. The van der Waals surface area contributed by atoms with E-state index in [-0.39, 0.29) is 35.2 Å². The van der Waals surface area contributed by atoms with E-state index in [0.29, 0.717) is 11.6 Å². The van der Waals surface area contributed by atoms with Gasteiger partial charge in [0, 0.05) is 18.4 Å². The van der Waals surface area contributed by atoms with Crippen molar-refractivity contribution in [1.82, 2.24) is 20.3 Å². The quantitative estimate of drug-likeness (QED) is 0.285. The molecule has 3 N–H and O–H groups in total. The maximum Gasteiger partial charge on any atom is 0.471 e. The summed E-state index contributed by atoms with van der Waals surface area (Å²) in [5.41, 5.74) is 4.77. The number of anilines is 2. The number of nitrogens with zero attached hydrogens (tertiary/aromatic N) is 5. The highest BCUT2D eigenvalue weighted by atomic mass is 32.2. The van der Waals surface area contributed by atoms with Gasteiger partial charge in [-0.25, -0.2) is 21.6 Å². The third-order valence-electron chi connectivity index (χ3n) is 7.24. The average Bonchev–Trinajstić information content (AvgIpc) is 3.59. The lowest BCUT2D eigenvalue weighted by atomic mass is 9.75. The SMILES string of the molecule is CC1(Nc2nnc(-c3cc4c(cc3F)S(=O)(=O)C[C@H](N)C(=O)N4Cc3ccc(-c4noc(C(F)(F)F)n4)cc3)o2)CC(F)(F)C1. The summed E-state index contributed by atoms with van der Waals surface area (Å²) in [6, 6.07) is 5.52. The number of amides is 1. The van der Waals surface area contributed by atoms with Crippen LogP contribution in [0.1, 0.15) is 31.2 Å². The van der Waals surface area contributed by atoms with Gasteiger partial charge in [-0.05, 0) is 24.6 Å². The Morgan fingerprint density at radius 3 is 2.44 bits per heavy atom. The first-order chi connectivity index (χ1) is 20.9. The number of halogens is 6. The number of hydrogen-bond donors (Lipinski definition) is 2. The summed E-state index contributed by atoms with van der Waals surface area (Å²) in [4.78, 5) is 17.2. The highest BCUT2D eigenvalue weighted by Gasteiger charge is 2.54. The largest absolute Gasteiger partial charge is 0.471 e. The Bertz CT molecular complexity index is 1900. The Balaban J connectivity index is 1.33. The molecule has 1 atom stereocenters. The zero-order chi connectivity index (χ0) is 32.5. The van der Waals surface area contributed by atoms with Crippen LogP contribution in [0.25, 0.3) is 22.8 Å². The molecule has 1 saturated carbocycles. The van der Waals surface area contributed by atoms with Crippen LogP contribution in [0.2, 0.25) is 0 Å². The van der Waals surface area contributed by atoms with Gasteiger partial charge in [0.2, 0.25) is 11.7 Å². The first-order valence-corrected chi connectivity index (χ1v) is 14.7. The zero-order valence-corrected chi connectivity index (χ0v) is 23.7. The van der Waals surface area contributed by atoms with E-state index >= 15 is 4.39 Å². The fourth-order valence-electron chi connectivity index (χ4n) is 5.26. The summed E-state index contributed by atoms with van der Waals surface area (Å²) in [5, 5.41) is 13.5. The molecule has 1 amide bonds. The van der Waals surface area contributed by atoms with E-state index < -0.39 is 80.5 Å². The number of aromatic nitrogens is 4. The van der Waals surface area contributed by atoms with Crippen LogP contribution in [0, 0.1) is 5.82 Å². The molecule has 0 bridgehead atoms. The molecule has 45 heavy (non-hydrogen) atoms. The molecule has 0 radical (unpaired) electrons. The lowest BCUT2D eigenvalue weighted by Gasteiger charge is -2.44. The number of carbonyl (C=O) groups excluding carboxylic acids is 1. The summed E-state index contributed by atoms with van der Waals surface area (Å²) in [6.07, 6.45) is -5.83. The number of alkyl halides is 5. The topological polar surface area (TPSA) is 170 Å². The third kappa shape index (κ3) is 5.84. The van der Waals surface area contributed by atoms with Crippen LogP contribution in [0.3, 0.4) is 0 Å². The van der Waals surface area contributed by atoms with E-state index in [4.69, 9.17) is 10.2 Å². The summed E-state index contributed by atoms with van der Waals surface area (Å²) >= 11 is 0. The third-order valence-corrected chi connectivity index (χ3v) is 9.03. The van der Waals surface area contributed by atoms with Crippen LogP contribution < -0.4 is 16.0 Å². The van der Waals surface area contributed by atoms with Gasteiger partial charge in [-0.15, -0.1) is 5.10 Å². The second-order valence-corrected chi connectivity index (χ2v) is 13.0. The van der Waals surface area contributed by atoms with Gasteiger partial charge in [-0.1, -0.05) is 34.5 Å². The molecule has 238 valence electrons. The standard InChI is InChI=1S/C26H21F6N7O5S/c1-24(10-25(28,29)11-24)35-23-37-36-20(43-23)14-6-17-18(7-15(14)27)45(41,42)9-16(33)21(40)39(17)8-12-2-4-13(5-3-12)19-34-22(44-38-19)26(30,31)32/h2-7,16H,8-11,33H2,1H3,(H,35,37)/t16-/m0/s1. The number of sulfone groups is 1. The van der Waals surface area contributed by atoms with Crippen molar-refractivity contribution in [2.24, 2.45) is 5.73 Å². The molecule has 1 aliphatic heterocycles. The summed E-state index contributed by atoms with van der Waals surface area (Å²) in [6.45, 7) is 1.23. The van der Waals surface area contributed by atoms with Gasteiger partial charge < -0.3 is 24.9 Å². The molecule has 0 saturated heterocycles. The molecule has 12 nitrogen and oxygen atoms in total. The Morgan fingerprint density at radius 1 is 1.13 bits per heavy atom. The first-order valence-electron chi connectivity index (χ1n) is 13.1. The number of carbonyl (C=O) groups is 1. The molecule has 0 unspecified atom stereocenters. The van der Waals surface area contributed by atoms with Gasteiger partial charge in [-0.3, -0.25) is 4.79 Å². The van der Waals surface area contributed by atoms with Crippen molar-refractivity contribution >= 4 is 27.4 Å². The lowest BCUT2D eigenvalue weighted by Crippen LogP contribution is -2.54. The summed E-state index contributed by atoms with van der Waals surface area (Å²) in [5.74, 6) is -7.88. The van der Waals surface area contributed by atoms with Gasteiger partial charge >= 0.3 is 18.1 Å². The molecule has 0 spiro atoms. The Kier molecular flexibility index (Phi) is 6.96. The molecule has 1 aliphatic carbocycles. The van der Waals surface area contributed by atoms with Crippen molar-refractivity contribution in [3.05, 3.63) is 53.7 Å². The second-order valence-electron chi connectivity index (χ2n) is 11.0. The number of benzene rings is 2. The molecular weight excluding hydrogens is 636 g/mol. The Morgan fingerprint density at radius 2 is 1.82 bits per heavy atom. The minimum Gasteiger partial charge on any atom is -0.403 e. The van der Waals surface area contributed by atoms with E-state index in [1.165, 1.54) is 31.2 Å². The van der Waals surface area contributed by atoms with Gasteiger partial charge in [0.15, 0.2) is 9.84 Å². The van der Waals surface area contributed by atoms with Gasteiger partial charge in [-0.2, -0.15) is 18.2 Å². The van der Waals surface area contributed by atoms with Gasteiger partial charge in [0.25, 0.3) is 11.8 Å². The molecule has 3 heterocycles. The number of fused-ring (bicyclic) bond motifs is 1. The van der Waals surface area contributed by atoms with Crippen molar-refractivity contribution in [2.45, 2.75) is 54.9 Å². The monoisotopic (exact) mass is 657 g/mol. The van der Waals surface area contributed by atoms with Gasteiger partial charge in [0.05, 0.1) is 40.0 Å². The van der Waals surface area contributed by atoms with Gasteiger partial charge in [0.1, 0.15) is 5.82 Å². The molecule has 4 aromatic rings. The fraction of sp³-hybridized carbons (Fsp3) is 0.346. The van der Waals surface area contributed by atoms with Crippen molar-refractivity contribution < 1.29 is 48.5 Å². The first kappa shape index (κ1) is 30.5. The number of hydrogen-bond acceptors (Lipinski definition) is 11. The second kappa shape index (κ2) is 10.3.